The fourth-order valence-corrected chi connectivity index (χ4v) is 14.4. The summed E-state index contributed by atoms with van der Waals surface area (Å²) in [6, 6.07) is 87.1. The van der Waals surface area contributed by atoms with Crippen LogP contribution in [0.5, 0.6) is 0 Å². The average molecular weight is 969 g/mol. The van der Waals surface area contributed by atoms with Crippen molar-refractivity contribution in [1.29, 1.82) is 0 Å². The summed E-state index contributed by atoms with van der Waals surface area (Å²) in [4.78, 5) is 33.5. The van der Waals surface area contributed by atoms with Crippen molar-refractivity contribution in [2.45, 2.75) is 23.7 Å². The van der Waals surface area contributed by atoms with Crippen molar-refractivity contribution in [2.75, 3.05) is 4.90 Å². The van der Waals surface area contributed by atoms with E-state index in [0.717, 1.165) is 111 Å². The largest absolute Gasteiger partial charge is 0.310 e. The van der Waals surface area contributed by atoms with Crippen LogP contribution in [0, 0.1) is 0 Å². The third kappa shape index (κ3) is 5.62. The van der Waals surface area contributed by atoms with E-state index in [1.165, 1.54) is 33.4 Å². The normalized spacial score (nSPS) is 17.5. The Balaban J connectivity index is 0.972. The molecule has 4 heteroatoms. The molecular weight excluding hydrogens is 925 g/mol. The van der Waals surface area contributed by atoms with Gasteiger partial charge in [0.25, 0.3) is 0 Å². The Labute approximate surface area is 438 Å². The number of Topliss-reactive ketones (excluding diaryl/α,β-unsaturated/α-hetero) is 2. The zero-order valence-electron chi connectivity index (χ0n) is 41.1. The van der Waals surface area contributed by atoms with E-state index in [1.807, 2.05) is 0 Å². The predicted molar refractivity (Wildman–Crippen MR) is 307 cm³/mol. The van der Waals surface area contributed by atoms with Gasteiger partial charge in [-0.1, -0.05) is 182 Å². The van der Waals surface area contributed by atoms with Gasteiger partial charge in [0.1, 0.15) is 0 Å². The molecule has 0 N–H and O–H groups in total. The quantitative estimate of drug-likeness (QED) is 0.173. The SMILES string of the molecule is O=C1c2cc3c(cc2C2c4ccccc4C1c1ccccc12)c1cc(N(c2ccc(-c4ccccc4)cc2)c2ccc(-c4ccccc4)cc2)cc2c4cc5c(cc4n3c12)C(=O)C1c2ccccc2C5c2ccccc21. The maximum absolute atomic E-state index is 15.5. The van der Waals surface area contributed by atoms with Gasteiger partial charge < -0.3 is 9.30 Å². The highest BCUT2D eigenvalue weighted by Crippen LogP contribution is 2.56. The van der Waals surface area contributed by atoms with Gasteiger partial charge in [-0.3, -0.25) is 9.59 Å². The molecule has 6 aliphatic carbocycles. The summed E-state index contributed by atoms with van der Waals surface area (Å²) >= 11 is 0. The second kappa shape index (κ2) is 15.5. The maximum atomic E-state index is 15.5. The van der Waals surface area contributed by atoms with Crippen LogP contribution in [-0.4, -0.2) is 16.0 Å². The number of nitrogens with zero attached hydrogens (tertiary/aromatic N) is 2. The Morgan fingerprint density at radius 2 is 0.592 bits per heavy atom. The molecule has 0 aliphatic heterocycles. The maximum Gasteiger partial charge on any atom is 0.175 e. The molecule has 0 saturated carbocycles. The standard InChI is InChI=1S/C72H44N2O2/c75-71-62-39-64-56(37-58(62)66-48-19-7-11-23-52(48)68(71)53-24-12-8-20-49(53)66)60-35-47(73(45-31-27-43(28-32-45)41-15-3-1-4-16-41)46-33-29-44(30-34-46)42-17-5-2-6-18-42)36-61-57-38-59-63(40-65(57)74(64)70(60)61)72(76)69-54-25-13-9-21-50(54)67(59)51-22-10-14-26-55(51)69/h1-40,66-69H. The molecule has 11 aromatic carbocycles. The molecule has 0 spiro atoms. The third-order valence-electron chi connectivity index (χ3n) is 17.6. The highest BCUT2D eigenvalue weighted by Gasteiger charge is 2.45. The number of carbonyl (C=O) groups is 2. The molecule has 4 bridgehead atoms. The molecule has 76 heavy (non-hydrogen) atoms. The average Bonchev–Trinajstić information content (AvgIpc) is 4.04. The van der Waals surface area contributed by atoms with E-state index < -0.39 is 11.8 Å². The Hall–Kier alpha value is -9.64. The van der Waals surface area contributed by atoms with Crippen molar-refractivity contribution >= 4 is 66.7 Å². The minimum atomic E-state index is -0.401. The van der Waals surface area contributed by atoms with Gasteiger partial charge in [0.05, 0.1) is 28.4 Å². The number of benzene rings is 11. The van der Waals surface area contributed by atoms with Crippen molar-refractivity contribution in [2.24, 2.45) is 0 Å². The molecule has 13 aromatic rings. The van der Waals surface area contributed by atoms with E-state index in [2.05, 4.69) is 252 Å². The lowest BCUT2D eigenvalue weighted by atomic mass is 9.72. The van der Waals surface area contributed by atoms with Gasteiger partial charge >= 0.3 is 0 Å². The summed E-state index contributed by atoms with van der Waals surface area (Å²) < 4.78 is 2.38. The van der Waals surface area contributed by atoms with Crippen molar-refractivity contribution in [3.63, 3.8) is 0 Å². The molecule has 6 aliphatic rings. The molecule has 0 fully saturated rings. The van der Waals surface area contributed by atoms with Gasteiger partial charge in [-0.2, -0.15) is 0 Å². The fraction of sp³-hybridized carbons (Fsp3) is 0.0556. The molecule has 0 atom stereocenters. The van der Waals surface area contributed by atoms with Crippen molar-refractivity contribution in [3.05, 3.63) is 309 Å². The summed E-state index contributed by atoms with van der Waals surface area (Å²) in [6.45, 7) is 0. The monoisotopic (exact) mass is 968 g/mol. The zero-order chi connectivity index (χ0) is 49.9. The third-order valence-corrected chi connectivity index (χ3v) is 17.6. The van der Waals surface area contributed by atoms with Gasteiger partial charge in [0, 0.05) is 61.6 Å². The van der Waals surface area contributed by atoms with Gasteiger partial charge in [-0.05, 0) is 139 Å². The fourth-order valence-electron chi connectivity index (χ4n) is 14.4. The summed E-state index contributed by atoms with van der Waals surface area (Å²) in [6.07, 6.45) is 0. The van der Waals surface area contributed by atoms with Gasteiger partial charge in [-0.15, -0.1) is 0 Å². The molecule has 0 radical (unpaired) electrons. The van der Waals surface area contributed by atoms with Crippen LogP contribution in [0.25, 0.3) is 60.3 Å². The molecule has 0 amide bonds. The molecule has 354 valence electrons. The van der Waals surface area contributed by atoms with Crippen LogP contribution in [0.2, 0.25) is 0 Å². The van der Waals surface area contributed by atoms with Crippen LogP contribution >= 0.6 is 0 Å². The Kier molecular flexibility index (Phi) is 8.50. The van der Waals surface area contributed by atoms with Crippen molar-refractivity contribution in [3.8, 4) is 22.3 Å². The number of ketones is 2. The predicted octanol–water partition coefficient (Wildman–Crippen LogP) is 17.3. The molecule has 0 saturated heterocycles. The van der Waals surface area contributed by atoms with E-state index >= 15 is 9.59 Å². The molecule has 2 aromatic heterocycles. The molecule has 2 heterocycles. The number of aromatic nitrogens is 1. The molecular formula is C72H44N2O2. The lowest BCUT2D eigenvalue weighted by Gasteiger charge is -2.30. The van der Waals surface area contributed by atoms with E-state index in [0.29, 0.717) is 0 Å². The number of rotatable bonds is 5. The summed E-state index contributed by atoms with van der Waals surface area (Å²) in [5.41, 5.74) is 23.5. The minimum absolute atomic E-state index is 0.110. The van der Waals surface area contributed by atoms with Crippen molar-refractivity contribution in [1.82, 2.24) is 4.40 Å². The number of anilines is 3. The number of hydrogen-bond acceptors (Lipinski definition) is 3. The summed E-state index contributed by atoms with van der Waals surface area (Å²) in [5, 5.41) is 4.35. The smallest absolute Gasteiger partial charge is 0.175 e. The first-order chi connectivity index (χ1) is 37.6. The van der Waals surface area contributed by atoms with E-state index in [1.54, 1.807) is 0 Å². The van der Waals surface area contributed by atoms with E-state index in [4.69, 9.17) is 0 Å². The Morgan fingerprint density at radius 3 is 0.947 bits per heavy atom. The first-order valence-corrected chi connectivity index (χ1v) is 26.5. The highest BCUT2D eigenvalue weighted by atomic mass is 16.1. The van der Waals surface area contributed by atoms with Gasteiger partial charge in [0.2, 0.25) is 0 Å². The Bertz CT molecular complexity index is 4240. The van der Waals surface area contributed by atoms with E-state index in [-0.39, 0.29) is 23.4 Å². The van der Waals surface area contributed by atoms with Crippen LogP contribution in [0.1, 0.15) is 100 Å². The highest BCUT2D eigenvalue weighted by molar-refractivity contribution is 6.26. The lowest BCUT2D eigenvalue weighted by Crippen LogP contribution is -2.19. The summed E-state index contributed by atoms with van der Waals surface area (Å²) in [7, 11) is 0. The minimum Gasteiger partial charge on any atom is -0.310 e. The van der Waals surface area contributed by atoms with Crippen LogP contribution in [-0.2, 0) is 0 Å². The number of hydrogen-bond donors (Lipinski definition) is 0. The summed E-state index contributed by atoms with van der Waals surface area (Å²) in [5.74, 6) is -0.769. The second-order valence-corrected chi connectivity index (χ2v) is 21.3. The first-order valence-electron chi connectivity index (χ1n) is 26.5. The zero-order valence-corrected chi connectivity index (χ0v) is 41.1. The Morgan fingerprint density at radius 1 is 0.276 bits per heavy atom. The number of fused-ring (bicyclic) bond motifs is 6. The van der Waals surface area contributed by atoms with Gasteiger partial charge in [0.15, 0.2) is 11.6 Å². The molecule has 0 unspecified atom stereocenters. The molecule has 4 nitrogen and oxygen atoms in total. The molecule has 19 rings (SSSR count). The van der Waals surface area contributed by atoms with Crippen LogP contribution < -0.4 is 4.90 Å². The van der Waals surface area contributed by atoms with Crippen LogP contribution in [0.3, 0.4) is 0 Å². The first kappa shape index (κ1) is 41.8. The van der Waals surface area contributed by atoms with E-state index in [9.17, 15) is 0 Å². The topological polar surface area (TPSA) is 41.8 Å². The second-order valence-electron chi connectivity index (χ2n) is 21.3. The van der Waals surface area contributed by atoms with Crippen LogP contribution in [0.4, 0.5) is 17.1 Å². The number of carbonyl (C=O) groups excluding carboxylic acids is 2. The lowest BCUT2D eigenvalue weighted by molar-refractivity contribution is 0.0966. The van der Waals surface area contributed by atoms with Crippen molar-refractivity contribution < 1.29 is 9.59 Å². The van der Waals surface area contributed by atoms with Crippen LogP contribution in [0.15, 0.2) is 243 Å². The van der Waals surface area contributed by atoms with Gasteiger partial charge in [-0.25, -0.2) is 0 Å².